The van der Waals surface area contributed by atoms with Crippen LogP contribution in [-0.4, -0.2) is 29.4 Å². The molecule has 22 heavy (non-hydrogen) atoms. The van der Waals surface area contributed by atoms with Gasteiger partial charge in [-0.05, 0) is 23.6 Å². The molecule has 0 heterocycles. The van der Waals surface area contributed by atoms with Gasteiger partial charge in [-0.15, -0.1) is 0 Å². The lowest BCUT2D eigenvalue weighted by molar-refractivity contribution is -0.132. The molecule has 1 aromatic carbocycles. The number of primary amides is 1. The fraction of sp³-hybridized carbons (Fsp3) is 0.312. The first-order valence-electron chi connectivity index (χ1n) is 6.89. The highest BCUT2D eigenvalue weighted by atomic mass is 16.4. The summed E-state index contributed by atoms with van der Waals surface area (Å²) in [4.78, 5) is 33.5. The maximum atomic E-state index is 11.7. The molecular formula is C16H20N2O4. The fourth-order valence-electron chi connectivity index (χ4n) is 1.87. The average molecular weight is 304 g/mol. The summed E-state index contributed by atoms with van der Waals surface area (Å²) in [7, 11) is 0. The van der Waals surface area contributed by atoms with E-state index in [0.717, 1.165) is 5.56 Å². The zero-order valence-electron chi connectivity index (χ0n) is 12.6. The number of benzene rings is 1. The Morgan fingerprint density at radius 3 is 2.27 bits per heavy atom. The highest BCUT2D eigenvalue weighted by Gasteiger charge is 2.10. The van der Waals surface area contributed by atoms with E-state index < -0.39 is 17.8 Å². The van der Waals surface area contributed by atoms with Gasteiger partial charge in [0.1, 0.15) is 0 Å². The molecule has 1 aromatic rings. The van der Waals surface area contributed by atoms with Crippen molar-refractivity contribution < 1.29 is 19.5 Å². The maximum absolute atomic E-state index is 11.7. The largest absolute Gasteiger partial charge is 0.478 e. The highest BCUT2D eigenvalue weighted by molar-refractivity contribution is 5.96. The normalized spacial score (nSPS) is 11.3. The predicted molar refractivity (Wildman–Crippen MR) is 82.2 cm³/mol. The number of nitrogens with one attached hydrogen (secondary N) is 1. The second-order valence-corrected chi connectivity index (χ2v) is 5.26. The minimum Gasteiger partial charge on any atom is -0.478 e. The van der Waals surface area contributed by atoms with Crippen molar-refractivity contribution in [1.82, 2.24) is 5.32 Å². The van der Waals surface area contributed by atoms with Crippen LogP contribution in [0, 0.1) is 5.92 Å². The van der Waals surface area contributed by atoms with Crippen LogP contribution in [0.1, 0.15) is 29.8 Å². The summed E-state index contributed by atoms with van der Waals surface area (Å²) in [5.41, 5.74) is 6.45. The van der Waals surface area contributed by atoms with E-state index in [2.05, 4.69) is 5.32 Å². The molecule has 0 aliphatic carbocycles. The number of hydrogen-bond donors (Lipinski definition) is 3. The molecule has 0 saturated heterocycles. The third kappa shape index (κ3) is 5.78. The van der Waals surface area contributed by atoms with Crippen LogP contribution in [0.15, 0.2) is 35.9 Å². The summed E-state index contributed by atoms with van der Waals surface area (Å²) >= 11 is 0. The summed E-state index contributed by atoms with van der Waals surface area (Å²) in [6, 6.07) is 6.55. The van der Waals surface area contributed by atoms with E-state index in [1.807, 2.05) is 13.8 Å². The number of allylic oxidation sites excluding steroid dienone is 1. The average Bonchev–Trinajstić information content (AvgIpc) is 2.44. The summed E-state index contributed by atoms with van der Waals surface area (Å²) < 4.78 is 0. The SMILES string of the molecule is CC(C)C=C(Cc1ccc(C(=O)NCC(N)=O)cc1)C(=O)O. The Labute approximate surface area is 129 Å². The van der Waals surface area contributed by atoms with Crippen LogP contribution in [-0.2, 0) is 16.0 Å². The Morgan fingerprint density at radius 1 is 1.23 bits per heavy atom. The molecule has 118 valence electrons. The van der Waals surface area contributed by atoms with E-state index in [1.165, 1.54) is 0 Å². The van der Waals surface area contributed by atoms with Crippen LogP contribution in [0.4, 0.5) is 0 Å². The van der Waals surface area contributed by atoms with Gasteiger partial charge in [0.05, 0.1) is 6.54 Å². The third-order valence-corrected chi connectivity index (χ3v) is 2.84. The Morgan fingerprint density at radius 2 is 1.82 bits per heavy atom. The standard InChI is InChI=1S/C16H20N2O4/c1-10(2)7-13(16(21)22)8-11-3-5-12(6-4-11)15(20)18-9-14(17)19/h3-7,10H,8-9H2,1-2H3,(H2,17,19)(H,18,20)(H,21,22). The van der Waals surface area contributed by atoms with Crippen LogP contribution in [0.5, 0.6) is 0 Å². The molecule has 0 unspecified atom stereocenters. The second kappa shape index (κ2) is 7.97. The van der Waals surface area contributed by atoms with Crippen LogP contribution >= 0.6 is 0 Å². The molecule has 1 rings (SSSR count). The minimum atomic E-state index is -0.947. The van der Waals surface area contributed by atoms with Gasteiger partial charge in [-0.1, -0.05) is 32.1 Å². The van der Waals surface area contributed by atoms with E-state index in [9.17, 15) is 19.5 Å². The molecule has 2 amide bonds. The molecule has 0 spiro atoms. The van der Waals surface area contributed by atoms with Crippen molar-refractivity contribution >= 4 is 17.8 Å². The second-order valence-electron chi connectivity index (χ2n) is 5.26. The highest BCUT2D eigenvalue weighted by Crippen LogP contribution is 2.12. The topological polar surface area (TPSA) is 109 Å². The van der Waals surface area contributed by atoms with E-state index in [1.54, 1.807) is 30.3 Å². The number of aliphatic carboxylic acids is 1. The molecule has 4 N–H and O–H groups in total. The van der Waals surface area contributed by atoms with Crippen molar-refractivity contribution in [2.75, 3.05) is 6.54 Å². The van der Waals surface area contributed by atoms with Crippen LogP contribution < -0.4 is 11.1 Å². The Bertz CT molecular complexity index is 589. The molecule has 0 aliphatic heterocycles. The molecule has 0 radical (unpaired) electrons. The lowest BCUT2D eigenvalue weighted by Gasteiger charge is -2.07. The summed E-state index contributed by atoms with van der Waals surface area (Å²) in [6.07, 6.45) is 1.99. The van der Waals surface area contributed by atoms with Gasteiger partial charge in [0.2, 0.25) is 5.91 Å². The first kappa shape index (κ1) is 17.4. The predicted octanol–water partition coefficient (Wildman–Crippen LogP) is 1.11. The van der Waals surface area contributed by atoms with Crippen molar-refractivity contribution in [3.63, 3.8) is 0 Å². The summed E-state index contributed by atoms with van der Waals surface area (Å²) in [6.45, 7) is 3.60. The number of carbonyl (C=O) groups excluding carboxylic acids is 2. The number of rotatable bonds is 7. The molecule has 0 atom stereocenters. The first-order valence-corrected chi connectivity index (χ1v) is 6.89. The van der Waals surface area contributed by atoms with Crippen molar-refractivity contribution in [2.45, 2.75) is 20.3 Å². The fourth-order valence-corrected chi connectivity index (χ4v) is 1.87. The molecule has 0 fully saturated rings. The van der Waals surface area contributed by atoms with Gasteiger partial charge in [0.25, 0.3) is 5.91 Å². The molecule has 0 bridgehead atoms. The molecule has 6 nitrogen and oxygen atoms in total. The van der Waals surface area contributed by atoms with Crippen molar-refractivity contribution in [2.24, 2.45) is 11.7 Å². The number of carbonyl (C=O) groups is 3. The molecule has 0 saturated carbocycles. The van der Waals surface area contributed by atoms with Crippen molar-refractivity contribution in [3.8, 4) is 0 Å². The first-order chi connectivity index (χ1) is 10.3. The number of amides is 2. The molecule has 6 heteroatoms. The van der Waals surface area contributed by atoms with Gasteiger partial charge < -0.3 is 16.2 Å². The molecule has 0 aliphatic rings. The lowest BCUT2D eigenvalue weighted by atomic mass is 10.0. The number of carboxylic acids is 1. The van der Waals surface area contributed by atoms with Gasteiger partial charge in [0, 0.05) is 17.6 Å². The van der Waals surface area contributed by atoms with Crippen LogP contribution in [0.25, 0.3) is 0 Å². The Hall–Kier alpha value is -2.63. The van der Waals surface area contributed by atoms with Crippen LogP contribution in [0.2, 0.25) is 0 Å². The van der Waals surface area contributed by atoms with Crippen LogP contribution in [0.3, 0.4) is 0 Å². The van der Waals surface area contributed by atoms with Gasteiger partial charge in [-0.3, -0.25) is 9.59 Å². The Kier molecular flexibility index (Phi) is 6.31. The number of carboxylic acid groups (broad SMARTS) is 1. The third-order valence-electron chi connectivity index (χ3n) is 2.84. The smallest absolute Gasteiger partial charge is 0.331 e. The van der Waals surface area contributed by atoms with E-state index in [4.69, 9.17) is 5.73 Å². The van der Waals surface area contributed by atoms with Gasteiger partial charge in [-0.2, -0.15) is 0 Å². The lowest BCUT2D eigenvalue weighted by Crippen LogP contribution is -2.33. The number of nitrogens with two attached hydrogens (primary N) is 1. The number of hydrogen-bond acceptors (Lipinski definition) is 3. The summed E-state index contributed by atoms with van der Waals surface area (Å²) in [5, 5.41) is 11.6. The molecule has 0 aromatic heterocycles. The maximum Gasteiger partial charge on any atom is 0.331 e. The zero-order valence-corrected chi connectivity index (χ0v) is 12.6. The van der Waals surface area contributed by atoms with Gasteiger partial charge in [-0.25, -0.2) is 4.79 Å². The molecular weight excluding hydrogens is 284 g/mol. The van der Waals surface area contributed by atoms with Gasteiger partial charge in [0.15, 0.2) is 0 Å². The zero-order chi connectivity index (χ0) is 16.7. The van der Waals surface area contributed by atoms with E-state index in [0.29, 0.717) is 11.1 Å². The minimum absolute atomic E-state index is 0.143. The van der Waals surface area contributed by atoms with E-state index >= 15 is 0 Å². The quantitative estimate of drug-likeness (QED) is 0.655. The van der Waals surface area contributed by atoms with Gasteiger partial charge >= 0.3 is 5.97 Å². The summed E-state index contributed by atoms with van der Waals surface area (Å²) in [5.74, 6) is -1.82. The monoisotopic (exact) mass is 304 g/mol. The van der Waals surface area contributed by atoms with E-state index in [-0.39, 0.29) is 18.9 Å². The Balaban J connectivity index is 2.78. The van der Waals surface area contributed by atoms with Crippen molar-refractivity contribution in [3.05, 3.63) is 47.0 Å². The van der Waals surface area contributed by atoms with Crippen molar-refractivity contribution in [1.29, 1.82) is 0 Å².